The summed E-state index contributed by atoms with van der Waals surface area (Å²) in [6, 6.07) is 1.44. The van der Waals surface area contributed by atoms with Crippen LogP contribution in [0.15, 0.2) is 10.5 Å². The zero-order valence-electron chi connectivity index (χ0n) is 13.8. The molecule has 23 heavy (non-hydrogen) atoms. The van der Waals surface area contributed by atoms with Crippen molar-refractivity contribution in [1.29, 1.82) is 0 Å². The van der Waals surface area contributed by atoms with E-state index in [1.54, 1.807) is 13.8 Å². The van der Waals surface area contributed by atoms with Crippen molar-refractivity contribution < 1.29 is 23.8 Å². The smallest absolute Gasteiger partial charge is 0.339 e. The molecule has 1 aliphatic rings. The summed E-state index contributed by atoms with van der Waals surface area (Å²) in [4.78, 5) is 23.1. The molecule has 0 bridgehead atoms. The molecule has 1 aromatic rings. The molecule has 1 saturated carbocycles. The molecule has 128 valence electrons. The fraction of sp³-hybridized carbons (Fsp3) is 0.647. The average molecular weight is 323 g/mol. The summed E-state index contributed by atoms with van der Waals surface area (Å²) in [5.41, 5.74) is 0.122. The third-order valence-electron chi connectivity index (χ3n) is 4.20. The van der Waals surface area contributed by atoms with Gasteiger partial charge < -0.3 is 19.6 Å². The van der Waals surface area contributed by atoms with Crippen molar-refractivity contribution in [2.75, 3.05) is 0 Å². The second-order valence-electron chi connectivity index (χ2n) is 6.10. The molecule has 1 fully saturated rings. The third kappa shape index (κ3) is 5.10. The molecule has 0 radical (unpaired) electrons. The molecule has 0 aliphatic heterocycles. The molecule has 1 aliphatic carbocycles. The van der Waals surface area contributed by atoms with E-state index in [4.69, 9.17) is 14.3 Å². The Bertz CT molecular complexity index is 543. The number of hydrogen-bond acceptors (Lipinski definition) is 4. The van der Waals surface area contributed by atoms with Gasteiger partial charge in [0.05, 0.1) is 12.6 Å². The van der Waals surface area contributed by atoms with Crippen molar-refractivity contribution in [3.8, 4) is 0 Å². The predicted molar refractivity (Wildman–Crippen MR) is 84.3 cm³/mol. The molecule has 0 aromatic carbocycles. The number of carbonyl (C=O) groups is 2. The highest BCUT2D eigenvalue weighted by Crippen LogP contribution is 2.21. The van der Waals surface area contributed by atoms with Crippen LogP contribution in [-0.4, -0.2) is 29.2 Å². The monoisotopic (exact) mass is 323 g/mol. The first-order chi connectivity index (χ1) is 11.0. The molecule has 1 unspecified atom stereocenters. The number of furan rings is 1. The van der Waals surface area contributed by atoms with E-state index in [2.05, 4.69) is 5.32 Å². The SMILES string of the molecule is Cc1oc(CNC(=O)C(C)OC2CCCCCC2)cc1C(=O)O. The minimum atomic E-state index is -1.03. The number of carboxylic acid groups (broad SMARTS) is 1. The van der Waals surface area contributed by atoms with Gasteiger partial charge in [0.25, 0.3) is 0 Å². The Morgan fingerprint density at radius 3 is 2.57 bits per heavy atom. The van der Waals surface area contributed by atoms with E-state index in [0.29, 0.717) is 11.5 Å². The molecular weight excluding hydrogens is 298 g/mol. The van der Waals surface area contributed by atoms with Crippen LogP contribution in [0.2, 0.25) is 0 Å². The van der Waals surface area contributed by atoms with E-state index in [1.165, 1.54) is 18.9 Å². The lowest BCUT2D eigenvalue weighted by Crippen LogP contribution is -2.36. The third-order valence-corrected chi connectivity index (χ3v) is 4.20. The first-order valence-corrected chi connectivity index (χ1v) is 8.23. The number of aromatic carboxylic acids is 1. The average Bonchev–Trinajstić information content (AvgIpc) is 2.71. The van der Waals surface area contributed by atoms with E-state index >= 15 is 0 Å². The maximum absolute atomic E-state index is 12.1. The highest BCUT2D eigenvalue weighted by atomic mass is 16.5. The summed E-state index contributed by atoms with van der Waals surface area (Å²) < 4.78 is 11.2. The standard InChI is InChI=1S/C17H25NO5/c1-11-15(17(20)21)9-14(22-11)10-18-16(19)12(2)23-13-7-5-3-4-6-8-13/h9,12-13H,3-8,10H2,1-2H3,(H,18,19)(H,20,21). The highest BCUT2D eigenvalue weighted by Gasteiger charge is 2.21. The Labute approximate surface area is 136 Å². The van der Waals surface area contributed by atoms with Gasteiger partial charge in [-0.05, 0) is 32.8 Å². The Balaban J connectivity index is 1.81. The van der Waals surface area contributed by atoms with Crippen molar-refractivity contribution in [2.45, 2.75) is 71.1 Å². The number of ether oxygens (including phenoxy) is 1. The number of rotatable bonds is 6. The lowest BCUT2D eigenvalue weighted by atomic mass is 10.1. The fourth-order valence-corrected chi connectivity index (χ4v) is 2.89. The number of carboxylic acids is 1. The van der Waals surface area contributed by atoms with E-state index in [-0.39, 0.29) is 24.1 Å². The molecule has 1 amide bonds. The lowest BCUT2D eigenvalue weighted by Gasteiger charge is -2.20. The predicted octanol–water partition coefficient (Wildman–Crippen LogP) is 3.03. The maximum atomic E-state index is 12.1. The molecule has 1 heterocycles. The van der Waals surface area contributed by atoms with Crippen molar-refractivity contribution in [2.24, 2.45) is 0 Å². The second-order valence-corrected chi connectivity index (χ2v) is 6.10. The zero-order valence-corrected chi connectivity index (χ0v) is 13.8. The van der Waals surface area contributed by atoms with Gasteiger partial charge >= 0.3 is 5.97 Å². The molecule has 6 nitrogen and oxygen atoms in total. The molecule has 2 N–H and O–H groups in total. The number of aryl methyl sites for hydroxylation is 1. The normalized spacial score (nSPS) is 17.5. The zero-order chi connectivity index (χ0) is 16.8. The molecule has 0 saturated heterocycles. The largest absolute Gasteiger partial charge is 0.478 e. The van der Waals surface area contributed by atoms with Gasteiger partial charge in [0.2, 0.25) is 5.91 Å². The minimum Gasteiger partial charge on any atom is -0.478 e. The molecule has 1 aromatic heterocycles. The van der Waals surface area contributed by atoms with Crippen molar-refractivity contribution >= 4 is 11.9 Å². The van der Waals surface area contributed by atoms with Crippen molar-refractivity contribution in [3.63, 3.8) is 0 Å². The van der Waals surface area contributed by atoms with E-state index in [0.717, 1.165) is 25.7 Å². The van der Waals surface area contributed by atoms with E-state index in [9.17, 15) is 9.59 Å². The van der Waals surface area contributed by atoms with Crippen molar-refractivity contribution in [1.82, 2.24) is 5.32 Å². The van der Waals surface area contributed by atoms with Gasteiger partial charge in [-0.1, -0.05) is 25.7 Å². The van der Waals surface area contributed by atoms with Gasteiger partial charge in [0.15, 0.2) is 0 Å². The van der Waals surface area contributed by atoms with Crippen LogP contribution >= 0.6 is 0 Å². The van der Waals surface area contributed by atoms with Crippen LogP contribution in [0.5, 0.6) is 0 Å². The van der Waals surface area contributed by atoms with Crippen LogP contribution < -0.4 is 5.32 Å². The van der Waals surface area contributed by atoms with Gasteiger partial charge in [-0.3, -0.25) is 4.79 Å². The number of nitrogens with one attached hydrogen (secondary N) is 1. The van der Waals surface area contributed by atoms with E-state index in [1.807, 2.05) is 0 Å². The van der Waals surface area contributed by atoms with Crippen LogP contribution in [0, 0.1) is 6.92 Å². The van der Waals surface area contributed by atoms with Crippen LogP contribution in [0.1, 0.15) is 67.3 Å². The second kappa shape index (κ2) is 8.15. The molecule has 1 atom stereocenters. The van der Waals surface area contributed by atoms with Crippen LogP contribution in [0.3, 0.4) is 0 Å². The minimum absolute atomic E-state index is 0.122. The summed E-state index contributed by atoms with van der Waals surface area (Å²) in [6.07, 6.45) is 6.45. The van der Waals surface area contributed by atoms with Crippen LogP contribution in [0.4, 0.5) is 0 Å². The van der Waals surface area contributed by atoms with Gasteiger partial charge in [0, 0.05) is 0 Å². The topological polar surface area (TPSA) is 88.8 Å². The molecular formula is C17H25NO5. The summed E-state index contributed by atoms with van der Waals surface area (Å²) in [6.45, 7) is 3.49. The van der Waals surface area contributed by atoms with Gasteiger partial charge in [-0.2, -0.15) is 0 Å². The molecule has 6 heteroatoms. The summed E-state index contributed by atoms with van der Waals surface area (Å²) in [5.74, 6) is -0.478. The van der Waals surface area contributed by atoms with Crippen LogP contribution in [0.25, 0.3) is 0 Å². The summed E-state index contributed by atoms with van der Waals surface area (Å²) in [5, 5.41) is 11.7. The molecule has 0 spiro atoms. The lowest BCUT2D eigenvalue weighted by molar-refractivity contribution is -0.136. The van der Waals surface area contributed by atoms with E-state index < -0.39 is 12.1 Å². The number of amides is 1. The van der Waals surface area contributed by atoms with Gasteiger partial charge in [-0.25, -0.2) is 4.79 Å². The first-order valence-electron chi connectivity index (χ1n) is 8.23. The molecule has 2 rings (SSSR count). The van der Waals surface area contributed by atoms with Crippen LogP contribution in [-0.2, 0) is 16.1 Å². The summed E-state index contributed by atoms with van der Waals surface area (Å²) in [7, 11) is 0. The quantitative estimate of drug-likeness (QED) is 0.786. The number of carbonyl (C=O) groups excluding carboxylic acids is 1. The summed E-state index contributed by atoms with van der Waals surface area (Å²) >= 11 is 0. The fourth-order valence-electron chi connectivity index (χ4n) is 2.89. The first kappa shape index (κ1) is 17.5. The van der Waals surface area contributed by atoms with Crippen molar-refractivity contribution in [3.05, 3.63) is 23.2 Å². The Morgan fingerprint density at radius 1 is 1.35 bits per heavy atom. The van der Waals surface area contributed by atoms with Gasteiger partial charge in [-0.15, -0.1) is 0 Å². The maximum Gasteiger partial charge on any atom is 0.339 e. The Hall–Kier alpha value is -1.82. The highest BCUT2D eigenvalue weighted by molar-refractivity contribution is 5.88. The number of hydrogen-bond donors (Lipinski definition) is 2. The Morgan fingerprint density at radius 2 is 2.00 bits per heavy atom. The Kier molecular flexibility index (Phi) is 6.21. The van der Waals surface area contributed by atoms with Gasteiger partial charge in [0.1, 0.15) is 23.2 Å².